The van der Waals surface area contributed by atoms with Gasteiger partial charge in [0.25, 0.3) is 0 Å². The number of benzene rings is 2. The van der Waals surface area contributed by atoms with Gasteiger partial charge >= 0.3 is 0 Å². The van der Waals surface area contributed by atoms with Crippen LogP contribution in [-0.2, 0) is 0 Å². The first-order valence-electron chi connectivity index (χ1n) is 6.62. The van der Waals surface area contributed by atoms with E-state index in [0.29, 0.717) is 0 Å². The minimum absolute atomic E-state index is 0.988. The molecule has 0 aliphatic carbocycles. The number of fused-ring (bicyclic) bond motifs is 2. The summed E-state index contributed by atoms with van der Waals surface area (Å²) in [5, 5.41) is 2.30. The van der Waals surface area contributed by atoms with Crippen LogP contribution in [0.5, 0.6) is 0 Å². The second-order valence-corrected chi connectivity index (χ2v) is 4.76. The summed E-state index contributed by atoms with van der Waals surface area (Å²) < 4.78 is 0. The summed E-state index contributed by atoms with van der Waals surface area (Å²) >= 11 is 0. The molecule has 4 aromatic rings. The summed E-state index contributed by atoms with van der Waals surface area (Å²) in [7, 11) is 0. The number of pyridine rings is 2. The molecule has 4 rings (SSSR count). The molecule has 0 spiro atoms. The molecule has 2 aromatic carbocycles. The molecule has 0 saturated heterocycles. The van der Waals surface area contributed by atoms with Gasteiger partial charge in [0.1, 0.15) is 0 Å². The summed E-state index contributed by atoms with van der Waals surface area (Å²) in [5.41, 5.74) is 4.13. The molecule has 2 heterocycles. The largest absolute Gasteiger partial charge is 0.256 e. The predicted molar refractivity (Wildman–Crippen MR) is 82.5 cm³/mol. The van der Waals surface area contributed by atoms with Crippen LogP contribution < -0.4 is 0 Å². The molecule has 0 radical (unpaired) electrons. The molecular weight excluding hydrogens is 244 g/mol. The van der Waals surface area contributed by atoms with E-state index >= 15 is 0 Å². The second-order valence-electron chi connectivity index (χ2n) is 4.76. The number of para-hydroxylation sites is 1. The SMILES string of the molecule is c1ccc2nc(-c3cccc4ncccc34)ccc2c1. The number of hydrogen-bond acceptors (Lipinski definition) is 2. The van der Waals surface area contributed by atoms with Crippen LogP contribution in [0.1, 0.15) is 0 Å². The molecule has 0 fully saturated rings. The third kappa shape index (κ3) is 1.74. The summed E-state index contributed by atoms with van der Waals surface area (Å²) in [6.07, 6.45) is 1.82. The Morgan fingerprint density at radius 2 is 1.55 bits per heavy atom. The van der Waals surface area contributed by atoms with Crippen LogP contribution in [0.25, 0.3) is 33.1 Å². The topological polar surface area (TPSA) is 25.8 Å². The first-order chi connectivity index (χ1) is 9.92. The van der Waals surface area contributed by atoms with Gasteiger partial charge in [0.2, 0.25) is 0 Å². The van der Waals surface area contributed by atoms with Gasteiger partial charge < -0.3 is 0 Å². The lowest BCUT2D eigenvalue weighted by Crippen LogP contribution is -1.87. The van der Waals surface area contributed by atoms with Crippen molar-refractivity contribution in [3.63, 3.8) is 0 Å². The number of hydrogen-bond donors (Lipinski definition) is 0. The normalized spacial score (nSPS) is 11.0. The molecule has 0 amide bonds. The third-order valence-electron chi connectivity index (χ3n) is 3.52. The van der Waals surface area contributed by atoms with E-state index < -0.39 is 0 Å². The van der Waals surface area contributed by atoms with Crippen molar-refractivity contribution in [3.05, 3.63) is 72.9 Å². The Morgan fingerprint density at radius 1 is 0.650 bits per heavy atom. The Hall–Kier alpha value is -2.74. The van der Waals surface area contributed by atoms with Crippen LogP contribution in [0.4, 0.5) is 0 Å². The van der Waals surface area contributed by atoms with Crippen molar-refractivity contribution in [2.75, 3.05) is 0 Å². The molecular formula is C18H12N2. The van der Waals surface area contributed by atoms with Gasteiger partial charge in [0.15, 0.2) is 0 Å². The van der Waals surface area contributed by atoms with Crippen molar-refractivity contribution >= 4 is 21.8 Å². The molecule has 2 aromatic heterocycles. The second kappa shape index (κ2) is 4.42. The summed E-state index contributed by atoms with van der Waals surface area (Å²) in [6.45, 7) is 0. The fourth-order valence-electron chi connectivity index (χ4n) is 2.54. The monoisotopic (exact) mass is 256 g/mol. The van der Waals surface area contributed by atoms with Gasteiger partial charge in [-0.15, -0.1) is 0 Å². The minimum Gasteiger partial charge on any atom is -0.256 e. The van der Waals surface area contributed by atoms with Crippen LogP contribution in [0, 0.1) is 0 Å². The quantitative estimate of drug-likeness (QED) is 0.503. The van der Waals surface area contributed by atoms with Crippen LogP contribution in [0.2, 0.25) is 0 Å². The molecule has 94 valence electrons. The molecule has 0 bridgehead atoms. The molecule has 0 aliphatic rings. The zero-order valence-electron chi connectivity index (χ0n) is 10.8. The highest BCUT2D eigenvalue weighted by Gasteiger charge is 2.05. The van der Waals surface area contributed by atoms with Crippen molar-refractivity contribution in [1.29, 1.82) is 0 Å². The molecule has 0 atom stereocenters. The zero-order chi connectivity index (χ0) is 13.4. The fourth-order valence-corrected chi connectivity index (χ4v) is 2.54. The molecule has 2 heteroatoms. The van der Waals surface area contributed by atoms with Crippen molar-refractivity contribution in [1.82, 2.24) is 9.97 Å². The van der Waals surface area contributed by atoms with Crippen molar-refractivity contribution < 1.29 is 0 Å². The Labute approximate surface area is 116 Å². The van der Waals surface area contributed by atoms with Gasteiger partial charge in [-0.1, -0.05) is 42.5 Å². The third-order valence-corrected chi connectivity index (χ3v) is 3.52. The molecule has 20 heavy (non-hydrogen) atoms. The van der Waals surface area contributed by atoms with Crippen LogP contribution in [0.3, 0.4) is 0 Å². The summed E-state index contributed by atoms with van der Waals surface area (Å²) in [4.78, 5) is 9.17. The Balaban J connectivity index is 2.01. The maximum absolute atomic E-state index is 4.77. The summed E-state index contributed by atoms with van der Waals surface area (Å²) in [6, 6.07) is 22.6. The Morgan fingerprint density at radius 3 is 2.55 bits per heavy atom. The van der Waals surface area contributed by atoms with Crippen molar-refractivity contribution in [3.8, 4) is 11.3 Å². The molecule has 0 unspecified atom stereocenters. The fraction of sp³-hybridized carbons (Fsp3) is 0. The average Bonchev–Trinajstić information content (AvgIpc) is 2.54. The van der Waals surface area contributed by atoms with Gasteiger partial charge in [-0.2, -0.15) is 0 Å². The lowest BCUT2D eigenvalue weighted by atomic mass is 10.0. The maximum atomic E-state index is 4.77. The standard InChI is InChI=1S/C18H12N2/c1-2-8-16-13(5-1)10-11-18(20-16)15-6-3-9-17-14(15)7-4-12-19-17/h1-12H. The van der Waals surface area contributed by atoms with Gasteiger partial charge in [0, 0.05) is 22.5 Å². The van der Waals surface area contributed by atoms with E-state index in [1.807, 2.05) is 42.6 Å². The van der Waals surface area contributed by atoms with E-state index in [1.165, 1.54) is 0 Å². The van der Waals surface area contributed by atoms with Crippen molar-refractivity contribution in [2.45, 2.75) is 0 Å². The first-order valence-corrected chi connectivity index (χ1v) is 6.62. The Kier molecular flexibility index (Phi) is 2.46. The highest BCUT2D eigenvalue weighted by molar-refractivity contribution is 5.94. The number of rotatable bonds is 1. The minimum atomic E-state index is 0.988. The lowest BCUT2D eigenvalue weighted by Gasteiger charge is -2.06. The highest BCUT2D eigenvalue weighted by Crippen LogP contribution is 2.27. The molecule has 2 nitrogen and oxygen atoms in total. The smallest absolute Gasteiger partial charge is 0.0716 e. The van der Waals surface area contributed by atoms with E-state index in [-0.39, 0.29) is 0 Å². The van der Waals surface area contributed by atoms with Gasteiger partial charge in [-0.05, 0) is 24.3 Å². The Bertz CT molecular complexity index is 908. The van der Waals surface area contributed by atoms with E-state index in [0.717, 1.165) is 33.1 Å². The maximum Gasteiger partial charge on any atom is 0.0716 e. The lowest BCUT2D eigenvalue weighted by molar-refractivity contribution is 1.39. The molecule has 0 saturated carbocycles. The first kappa shape index (κ1) is 11.1. The van der Waals surface area contributed by atoms with E-state index in [1.54, 1.807) is 0 Å². The van der Waals surface area contributed by atoms with E-state index in [2.05, 4.69) is 35.3 Å². The van der Waals surface area contributed by atoms with E-state index in [4.69, 9.17) is 4.98 Å². The zero-order valence-corrected chi connectivity index (χ0v) is 10.8. The molecule has 0 N–H and O–H groups in total. The highest BCUT2D eigenvalue weighted by atomic mass is 14.7. The van der Waals surface area contributed by atoms with Gasteiger partial charge in [-0.3, -0.25) is 4.98 Å². The van der Waals surface area contributed by atoms with Crippen LogP contribution >= 0.6 is 0 Å². The van der Waals surface area contributed by atoms with Crippen LogP contribution in [0.15, 0.2) is 72.9 Å². The van der Waals surface area contributed by atoms with Crippen molar-refractivity contribution in [2.24, 2.45) is 0 Å². The van der Waals surface area contributed by atoms with Gasteiger partial charge in [-0.25, -0.2) is 4.98 Å². The summed E-state index contributed by atoms with van der Waals surface area (Å²) in [5.74, 6) is 0. The average molecular weight is 256 g/mol. The van der Waals surface area contributed by atoms with Crippen LogP contribution in [-0.4, -0.2) is 9.97 Å². The van der Waals surface area contributed by atoms with Gasteiger partial charge in [0.05, 0.1) is 16.7 Å². The van der Waals surface area contributed by atoms with E-state index in [9.17, 15) is 0 Å². The predicted octanol–water partition coefficient (Wildman–Crippen LogP) is 4.45. The number of aromatic nitrogens is 2. The number of nitrogens with zero attached hydrogens (tertiary/aromatic N) is 2. The molecule has 0 aliphatic heterocycles.